The molecule has 0 atom stereocenters. The van der Waals surface area contributed by atoms with Gasteiger partial charge >= 0.3 is 0 Å². The maximum atomic E-state index is 12.1. The Morgan fingerprint density at radius 3 is 2.52 bits per heavy atom. The van der Waals surface area contributed by atoms with Gasteiger partial charge in [-0.15, -0.1) is 0 Å². The first kappa shape index (κ1) is 17.8. The van der Waals surface area contributed by atoms with Gasteiger partial charge in [-0.05, 0) is 50.7 Å². The number of carbonyl (C=O) groups is 1. The summed E-state index contributed by atoms with van der Waals surface area (Å²) in [6.45, 7) is 9.09. The zero-order valence-electron chi connectivity index (χ0n) is 14.4. The second-order valence-electron chi connectivity index (χ2n) is 6.13. The van der Waals surface area contributed by atoms with E-state index in [-0.39, 0.29) is 5.91 Å². The molecule has 5 nitrogen and oxygen atoms in total. The topological polar surface area (TPSA) is 44.8 Å². The molecule has 0 aliphatic carbocycles. The van der Waals surface area contributed by atoms with E-state index >= 15 is 0 Å². The molecule has 1 aromatic carbocycles. The molecule has 0 unspecified atom stereocenters. The molecule has 0 saturated carbocycles. The highest BCUT2D eigenvalue weighted by Gasteiger charge is 2.13. The van der Waals surface area contributed by atoms with Crippen LogP contribution >= 0.6 is 0 Å². The van der Waals surface area contributed by atoms with Gasteiger partial charge in [0.1, 0.15) is 5.75 Å². The summed E-state index contributed by atoms with van der Waals surface area (Å²) in [7, 11) is 2.16. The number of benzene rings is 1. The summed E-state index contributed by atoms with van der Waals surface area (Å²) in [4.78, 5) is 16.9. The highest BCUT2D eigenvalue weighted by Crippen LogP contribution is 2.12. The highest BCUT2D eigenvalue weighted by atomic mass is 16.5. The summed E-state index contributed by atoms with van der Waals surface area (Å²) < 4.78 is 5.52. The molecule has 0 bridgehead atoms. The van der Waals surface area contributed by atoms with Gasteiger partial charge in [-0.3, -0.25) is 4.79 Å². The number of hydrogen-bond acceptors (Lipinski definition) is 4. The lowest BCUT2D eigenvalue weighted by atomic mass is 10.2. The lowest BCUT2D eigenvalue weighted by Gasteiger charge is -2.32. The van der Waals surface area contributed by atoms with Crippen molar-refractivity contribution in [2.45, 2.75) is 19.8 Å². The number of rotatable bonds is 8. The van der Waals surface area contributed by atoms with Gasteiger partial charge in [0.25, 0.3) is 5.91 Å². The van der Waals surface area contributed by atoms with E-state index in [0.29, 0.717) is 12.2 Å². The second kappa shape index (κ2) is 9.53. The molecule has 1 N–H and O–H groups in total. The number of nitrogens with zero attached hydrogens (tertiary/aromatic N) is 2. The summed E-state index contributed by atoms with van der Waals surface area (Å²) in [5.74, 6) is 0.809. The molecule has 1 saturated heterocycles. The van der Waals surface area contributed by atoms with Gasteiger partial charge in [-0.25, -0.2) is 0 Å². The lowest BCUT2D eigenvalue weighted by Crippen LogP contribution is -2.45. The van der Waals surface area contributed by atoms with Crippen molar-refractivity contribution in [2.24, 2.45) is 0 Å². The number of amides is 1. The smallest absolute Gasteiger partial charge is 0.251 e. The van der Waals surface area contributed by atoms with Crippen molar-refractivity contribution in [3.8, 4) is 5.75 Å². The summed E-state index contributed by atoms with van der Waals surface area (Å²) in [6.07, 6.45) is 1.97. The van der Waals surface area contributed by atoms with Crippen molar-refractivity contribution in [3.05, 3.63) is 29.8 Å². The third kappa shape index (κ3) is 6.20. The SMILES string of the molecule is CCCOc1ccc(C(=O)NCCCN2CCN(C)CC2)cc1. The van der Waals surface area contributed by atoms with Gasteiger partial charge in [-0.1, -0.05) is 6.92 Å². The zero-order valence-corrected chi connectivity index (χ0v) is 14.4. The van der Waals surface area contributed by atoms with Gasteiger partial charge in [0, 0.05) is 38.3 Å². The largest absolute Gasteiger partial charge is 0.494 e. The van der Waals surface area contributed by atoms with E-state index in [1.807, 2.05) is 24.3 Å². The summed E-state index contributed by atoms with van der Waals surface area (Å²) in [5, 5.41) is 2.99. The van der Waals surface area contributed by atoms with Crippen molar-refractivity contribution in [3.63, 3.8) is 0 Å². The van der Waals surface area contributed by atoms with E-state index in [1.165, 1.54) is 0 Å². The predicted molar refractivity (Wildman–Crippen MR) is 93.1 cm³/mol. The number of likely N-dealkylation sites (N-methyl/N-ethyl adjacent to an activating group) is 1. The standard InChI is InChI=1S/C18H29N3O2/c1-3-15-23-17-7-5-16(6-8-17)18(22)19-9-4-10-21-13-11-20(2)12-14-21/h5-8H,3-4,9-15H2,1-2H3,(H,19,22). The van der Waals surface area contributed by atoms with Crippen LogP contribution in [0.25, 0.3) is 0 Å². The fourth-order valence-corrected chi connectivity index (χ4v) is 2.60. The van der Waals surface area contributed by atoms with Gasteiger partial charge in [-0.2, -0.15) is 0 Å². The minimum Gasteiger partial charge on any atom is -0.494 e. The molecule has 0 radical (unpaired) electrons. The molecule has 5 heteroatoms. The maximum absolute atomic E-state index is 12.1. The number of carbonyl (C=O) groups excluding carboxylic acids is 1. The molecular formula is C18H29N3O2. The Hall–Kier alpha value is -1.59. The minimum absolute atomic E-state index is 0.00887. The third-order valence-electron chi connectivity index (χ3n) is 4.12. The molecule has 128 valence electrons. The summed E-state index contributed by atoms with van der Waals surface area (Å²) in [5.41, 5.74) is 0.688. The summed E-state index contributed by atoms with van der Waals surface area (Å²) in [6, 6.07) is 7.35. The Kier molecular flexibility index (Phi) is 7.36. The fourth-order valence-electron chi connectivity index (χ4n) is 2.60. The molecule has 1 aliphatic rings. The number of piperazine rings is 1. The average molecular weight is 319 g/mol. The van der Waals surface area contributed by atoms with E-state index in [0.717, 1.165) is 57.9 Å². The molecule has 1 aliphatic heterocycles. The fraction of sp³-hybridized carbons (Fsp3) is 0.611. The Labute approximate surface area is 139 Å². The molecule has 0 aromatic heterocycles. The molecular weight excluding hydrogens is 290 g/mol. The first-order valence-corrected chi connectivity index (χ1v) is 8.61. The normalized spacial score (nSPS) is 16.3. The van der Waals surface area contributed by atoms with Gasteiger partial charge < -0.3 is 19.9 Å². The van der Waals surface area contributed by atoms with Crippen molar-refractivity contribution in [2.75, 3.05) is 52.9 Å². The Morgan fingerprint density at radius 1 is 1.17 bits per heavy atom. The molecule has 1 aromatic rings. The van der Waals surface area contributed by atoms with Crippen LogP contribution in [0, 0.1) is 0 Å². The third-order valence-corrected chi connectivity index (χ3v) is 4.12. The van der Waals surface area contributed by atoms with Crippen LogP contribution in [0.1, 0.15) is 30.1 Å². The van der Waals surface area contributed by atoms with Gasteiger partial charge in [0.15, 0.2) is 0 Å². The Morgan fingerprint density at radius 2 is 1.87 bits per heavy atom. The summed E-state index contributed by atoms with van der Waals surface area (Å²) >= 11 is 0. The highest BCUT2D eigenvalue weighted by molar-refractivity contribution is 5.94. The van der Waals surface area contributed by atoms with Crippen molar-refractivity contribution >= 4 is 5.91 Å². The maximum Gasteiger partial charge on any atom is 0.251 e. The van der Waals surface area contributed by atoms with Crippen LogP contribution in [0.3, 0.4) is 0 Å². The molecule has 0 spiro atoms. The predicted octanol–water partition coefficient (Wildman–Crippen LogP) is 1.84. The van der Waals surface area contributed by atoms with Crippen molar-refractivity contribution in [1.82, 2.24) is 15.1 Å². The van der Waals surface area contributed by atoms with Crippen LogP contribution in [0.15, 0.2) is 24.3 Å². The lowest BCUT2D eigenvalue weighted by molar-refractivity contribution is 0.0949. The Bertz CT molecular complexity index is 468. The first-order chi connectivity index (χ1) is 11.2. The minimum atomic E-state index is -0.00887. The van der Waals surface area contributed by atoms with Crippen LogP contribution in [0.5, 0.6) is 5.75 Å². The van der Waals surface area contributed by atoms with Crippen LogP contribution in [0.4, 0.5) is 0 Å². The number of hydrogen-bond donors (Lipinski definition) is 1. The molecule has 23 heavy (non-hydrogen) atoms. The van der Waals surface area contributed by atoms with Crippen LogP contribution in [-0.4, -0.2) is 68.6 Å². The van der Waals surface area contributed by atoms with Crippen LogP contribution < -0.4 is 10.1 Å². The molecule has 1 heterocycles. The quantitative estimate of drug-likeness (QED) is 0.743. The average Bonchev–Trinajstić information content (AvgIpc) is 2.58. The number of nitrogens with one attached hydrogen (secondary N) is 1. The van der Waals surface area contributed by atoms with E-state index in [2.05, 4.69) is 29.1 Å². The monoisotopic (exact) mass is 319 g/mol. The van der Waals surface area contributed by atoms with Crippen molar-refractivity contribution < 1.29 is 9.53 Å². The molecule has 2 rings (SSSR count). The van der Waals surface area contributed by atoms with E-state index in [1.54, 1.807) is 0 Å². The van der Waals surface area contributed by atoms with Gasteiger partial charge in [0.2, 0.25) is 0 Å². The van der Waals surface area contributed by atoms with Crippen LogP contribution in [0.2, 0.25) is 0 Å². The van der Waals surface area contributed by atoms with Gasteiger partial charge in [0.05, 0.1) is 6.61 Å². The molecule has 1 fully saturated rings. The van der Waals surface area contributed by atoms with Crippen molar-refractivity contribution in [1.29, 1.82) is 0 Å². The number of ether oxygens (including phenoxy) is 1. The molecule has 1 amide bonds. The second-order valence-corrected chi connectivity index (χ2v) is 6.13. The first-order valence-electron chi connectivity index (χ1n) is 8.61. The Balaban J connectivity index is 1.64. The zero-order chi connectivity index (χ0) is 16.5. The van der Waals surface area contributed by atoms with E-state index in [4.69, 9.17) is 4.74 Å². The van der Waals surface area contributed by atoms with E-state index < -0.39 is 0 Å². The van der Waals surface area contributed by atoms with E-state index in [9.17, 15) is 4.79 Å². The van der Waals surface area contributed by atoms with Crippen LogP contribution in [-0.2, 0) is 0 Å².